The van der Waals surface area contributed by atoms with E-state index in [-0.39, 0.29) is 16.4 Å². The van der Waals surface area contributed by atoms with E-state index in [2.05, 4.69) is 5.32 Å². The molecule has 0 bridgehead atoms. The monoisotopic (exact) mass is 487 g/mol. The Hall–Kier alpha value is -2.71. The lowest BCUT2D eigenvalue weighted by Crippen LogP contribution is -2.23. The van der Waals surface area contributed by atoms with Gasteiger partial charge in [0.2, 0.25) is 9.84 Å². The van der Waals surface area contributed by atoms with Crippen molar-refractivity contribution in [3.63, 3.8) is 0 Å². The summed E-state index contributed by atoms with van der Waals surface area (Å²) >= 11 is 5.95. The van der Waals surface area contributed by atoms with Crippen molar-refractivity contribution in [1.82, 2.24) is 5.32 Å². The van der Waals surface area contributed by atoms with E-state index in [1.165, 1.54) is 24.3 Å². The number of sulfone groups is 1. The number of ether oxygens (including phenoxy) is 1. The van der Waals surface area contributed by atoms with Crippen LogP contribution in [-0.4, -0.2) is 39.2 Å². The zero-order valence-electron chi connectivity index (χ0n) is 18.2. The molecule has 0 aliphatic rings. The third-order valence-corrected chi connectivity index (χ3v) is 7.09. The largest absolute Gasteiger partial charge is 0.462 e. The summed E-state index contributed by atoms with van der Waals surface area (Å²) in [5, 5.41) is 14.0. The molecular weight excluding hydrogens is 462 g/mol. The number of esters is 1. The Kier molecular flexibility index (Phi) is 8.63. The third-order valence-electron chi connectivity index (χ3n) is 5.07. The van der Waals surface area contributed by atoms with E-state index in [0.717, 1.165) is 11.1 Å². The van der Waals surface area contributed by atoms with Crippen molar-refractivity contribution in [2.45, 2.75) is 29.2 Å². The molecule has 6 nitrogen and oxygen atoms in total. The quantitative estimate of drug-likeness (QED) is 0.328. The normalized spacial score (nSPS) is 12.3. The number of carbonyl (C=O) groups excluding carboxylic acids is 1. The van der Waals surface area contributed by atoms with Crippen LogP contribution in [0.25, 0.3) is 0 Å². The zero-order chi connectivity index (χ0) is 23.8. The predicted octanol–water partition coefficient (Wildman–Crippen LogP) is 4.22. The lowest BCUT2D eigenvalue weighted by atomic mass is 10.1. The summed E-state index contributed by atoms with van der Waals surface area (Å²) in [5.41, 5.74) is 2.02. The fourth-order valence-electron chi connectivity index (χ4n) is 3.26. The van der Waals surface area contributed by atoms with Gasteiger partial charge in [-0.3, -0.25) is 0 Å². The zero-order valence-corrected chi connectivity index (χ0v) is 19.8. The van der Waals surface area contributed by atoms with E-state index < -0.39 is 21.9 Å². The lowest BCUT2D eigenvalue weighted by molar-refractivity contribution is 0.0526. The smallest absolute Gasteiger partial charge is 0.338 e. The van der Waals surface area contributed by atoms with E-state index in [4.69, 9.17) is 16.3 Å². The average molecular weight is 488 g/mol. The maximum Gasteiger partial charge on any atom is 0.338 e. The number of aliphatic hydroxyl groups is 1. The van der Waals surface area contributed by atoms with Gasteiger partial charge in [0, 0.05) is 11.6 Å². The fourth-order valence-corrected chi connectivity index (χ4v) is 4.72. The fraction of sp³-hybridized carbons (Fsp3) is 0.240. The highest BCUT2D eigenvalue weighted by Gasteiger charge is 2.18. The topological polar surface area (TPSA) is 92.7 Å². The minimum absolute atomic E-state index is 0.111. The minimum Gasteiger partial charge on any atom is -0.462 e. The van der Waals surface area contributed by atoms with Crippen molar-refractivity contribution >= 4 is 27.4 Å². The van der Waals surface area contributed by atoms with Gasteiger partial charge in [-0.15, -0.1) is 0 Å². The maximum atomic E-state index is 12.9. The van der Waals surface area contributed by atoms with E-state index >= 15 is 0 Å². The van der Waals surface area contributed by atoms with Gasteiger partial charge < -0.3 is 15.2 Å². The highest BCUT2D eigenvalue weighted by molar-refractivity contribution is 7.91. The Bertz CT molecular complexity index is 1180. The first-order valence-electron chi connectivity index (χ1n) is 10.6. The van der Waals surface area contributed by atoms with E-state index in [1.807, 2.05) is 6.07 Å². The van der Waals surface area contributed by atoms with E-state index in [9.17, 15) is 18.3 Å². The van der Waals surface area contributed by atoms with Crippen LogP contribution >= 0.6 is 11.6 Å². The Morgan fingerprint density at radius 2 is 1.67 bits per heavy atom. The van der Waals surface area contributed by atoms with Crippen molar-refractivity contribution in [2.75, 3.05) is 19.7 Å². The number of carbonyl (C=O) groups is 1. The molecule has 0 unspecified atom stereocenters. The number of aliphatic hydroxyl groups excluding tert-OH is 1. The second-order valence-electron chi connectivity index (χ2n) is 7.42. The van der Waals surface area contributed by atoms with E-state index in [1.54, 1.807) is 49.4 Å². The Labute approximate surface area is 199 Å². The van der Waals surface area contributed by atoms with Gasteiger partial charge in [0.15, 0.2) is 0 Å². The molecule has 3 aromatic rings. The second kappa shape index (κ2) is 11.4. The van der Waals surface area contributed by atoms with Crippen LogP contribution in [0.3, 0.4) is 0 Å². The summed E-state index contributed by atoms with van der Waals surface area (Å²) in [5.74, 6) is -0.487. The van der Waals surface area contributed by atoms with Crippen molar-refractivity contribution in [1.29, 1.82) is 0 Å². The number of halogens is 1. The summed E-state index contributed by atoms with van der Waals surface area (Å²) in [6, 6.07) is 19.5. The maximum absolute atomic E-state index is 12.9. The van der Waals surface area contributed by atoms with Crippen LogP contribution in [0.4, 0.5) is 0 Å². The van der Waals surface area contributed by atoms with Crippen molar-refractivity contribution in [3.8, 4) is 0 Å². The Balaban J connectivity index is 1.55. The molecule has 0 aromatic heterocycles. The molecule has 2 N–H and O–H groups in total. The second-order valence-corrected chi connectivity index (χ2v) is 9.80. The molecule has 0 fully saturated rings. The number of benzene rings is 3. The van der Waals surface area contributed by atoms with Crippen molar-refractivity contribution in [2.24, 2.45) is 0 Å². The first-order valence-corrected chi connectivity index (χ1v) is 12.4. The molecule has 0 saturated heterocycles. The molecule has 174 valence electrons. The van der Waals surface area contributed by atoms with Crippen LogP contribution in [-0.2, 0) is 21.0 Å². The molecule has 0 amide bonds. The molecule has 8 heteroatoms. The molecule has 3 rings (SSSR count). The molecule has 33 heavy (non-hydrogen) atoms. The van der Waals surface area contributed by atoms with Crippen LogP contribution in [0.1, 0.15) is 34.5 Å². The summed E-state index contributed by atoms with van der Waals surface area (Å²) in [6.45, 7) is 2.97. The minimum atomic E-state index is -3.69. The lowest BCUT2D eigenvalue weighted by Gasteiger charge is -2.13. The average Bonchev–Trinajstić information content (AvgIpc) is 2.82. The van der Waals surface area contributed by atoms with Gasteiger partial charge in [-0.1, -0.05) is 35.9 Å². The molecular formula is C25H26ClNO5S. The molecule has 0 spiro atoms. The van der Waals surface area contributed by atoms with Crippen LogP contribution < -0.4 is 5.32 Å². The number of hydrogen-bond acceptors (Lipinski definition) is 6. The summed E-state index contributed by atoms with van der Waals surface area (Å²) < 4.78 is 30.7. The molecule has 0 saturated carbocycles. The summed E-state index contributed by atoms with van der Waals surface area (Å²) in [7, 11) is -3.69. The standard InChI is InChI=1S/C25H26ClNO5S/c1-2-32-25(29)19-8-12-23(13-9-19)33(30,31)22-10-6-18(7-11-22)14-15-27-17-24(28)20-4-3-5-21(26)16-20/h3-13,16,24,27-28H,2,14-15,17H2,1H3/t24-/m1/s1. The summed E-state index contributed by atoms with van der Waals surface area (Å²) in [4.78, 5) is 12.0. The van der Waals surface area contributed by atoms with Crippen molar-refractivity contribution in [3.05, 3.63) is 94.5 Å². The van der Waals surface area contributed by atoms with E-state index in [0.29, 0.717) is 30.1 Å². The van der Waals surface area contributed by atoms with Crippen LogP contribution in [0.5, 0.6) is 0 Å². The first kappa shape index (κ1) is 24.9. The first-order chi connectivity index (χ1) is 15.8. The molecule has 0 aliphatic heterocycles. The van der Waals surface area contributed by atoms with Gasteiger partial charge in [0.05, 0.1) is 28.1 Å². The molecule has 1 atom stereocenters. The Morgan fingerprint density at radius 1 is 1.03 bits per heavy atom. The van der Waals surface area contributed by atoms with Gasteiger partial charge in [-0.25, -0.2) is 13.2 Å². The summed E-state index contributed by atoms with van der Waals surface area (Å²) in [6.07, 6.45) is 0.0167. The van der Waals surface area contributed by atoms with Crippen LogP contribution in [0.15, 0.2) is 82.6 Å². The molecule has 0 aliphatic carbocycles. The number of rotatable bonds is 10. The van der Waals surface area contributed by atoms with Crippen LogP contribution in [0.2, 0.25) is 5.02 Å². The van der Waals surface area contributed by atoms with Crippen LogP contribution in [0, 0.1) is 0 Å². The highest BCUT2D eigenvalue weighted by Crippen LogP contribution is 2.22. The molecule has 0 radical (unpaired) electrons. The third kappa shape index (κ3) is 6.65. The Morgan fingerprint density at radius 3 is 2.27 bits per heavy atom. The molecule has 0 heterocycles. The SMILES string of the molecule is CCOC(=O)c1ccc(S(=O)(=O)c2ccc(CCNC[C@@H](O)c3cccc(Cl)c3)cc2)cc1. The predicted molar refractivity (Wildman–Crippen MR) is 127 cm³/mol. The number of nitrogens with one attached hydrogen (secondary N) is 1. The highest BCUT2D eigenvalue weighted by atomic mass is 35.5. The van der Waals surface area contributed by atoms with Gasteiger partial charge in [0.1, 0.15) is 0 Å². The van der Waals surface area contributed by atoms with Gasteiger partial charge in [0.25, 0.3) is 0 Å². The van der Waals surface area contributed by atoms with Gasteiger partial charge in [-0.2, -0.15) is 0 Å². The van der Waals surface area contributed by atoms with Gasteiger partial charge >= 0.3 is 5.97 Å². The number of hydrogen-bond donors (Lipinski definition) is 2. The molecule has 3 aromatic carbocycles. The van der Waals surface area contributed by atoms with Gasteiger partial charge in [-0.05, 0) is 79.5 Å². The van der Waals surface area contributed by atoms with Crippen molar-refractivity contribution < 1.29 is 23.1 Å².